The van der Waals surface area contributed by atoms with Crippen molar-refractivity contribution in [3.05, 3.63) is 121 Å². The average Bonchev–Trinajstić information content (AvgIpc) is 3.64. The van der Waals surface area contributed by atoms with E-state index in [-0.39, 0.29) is 42.6 Å². The molecule has 16 heteroatoms. The van der Waals surface area contributed by atoms with E-state index in [0.29, 0.717) is 23.8 Å². The number of amides is 3. The Kier molecular flexibility index (Phi) is 9.27. The van der Waals surface area contributed by atoms with Crippen molar-refractivity contribution in [2.75, 3.05) is 6.54 Å². The number of hydrogen-bond acceptors (Lipinski definition) is 9. The van der Waals surface area contributed by atoms with Gasteiger partial charge in [0.2, 0.25) is 0 Å². The lowest BCUT2D eigenvalue weighted by molar-refractivity contribution is -0.384. The molecule has 0 aliphatic carbocycles. The number of nitro groups is 1. The Labute approximate surface area is 285 Å². The van der Waals surface area contributed by atoms with Crippen LogP contribution in [0.2, 0.25) is 0 Å². The molecule has 0 radical (unpaired) electrons. The zero-order chi connectivity index (χ0) is 31.9. The summed E-state index contributed by atoms with van der Waals surface area (Å²) in [4.78, 5) is 77.8. The van der Waals surface area contributed by atoms with Crippen LogP contribution in [0.5, 0.6) is 5.75 Å². The highest BCUT2D eigenvalue weighted by Crippen LogP contribution is 2.45. The maximum absolute atomic E-state index is 13.8. The van der Waals surface area contributed by atoms with Crippen molar-refractivity contribution in [3.63, 3.8) is 0 Å². The molecule has 0 atom stereocenters. The fourth-order valence-electron chi connectivity index (χ4n) is 4.15. The quantitative estimate of drug-likeness (QED) is 0.0260. The van der Waals surface area contributed by atoms with E-state index in [1.165, 1.54) is 35.6 Å². The number of rotatable bonds is 8. The highest BCUT2D eigenvalue weighted by Gasteiger charge is 2.46. The van der Waals surface area contributed by atoms with Gasteiger partial charge in [0.05, 0.1) is 16.1 Å². The standard InChI is InChI=1S/C28H13Br4N3O8S/c29-21-19-20(22(30)24(32)23(21)31)27(39)34(26(19)38)33(25(37)14-3-7-15(8-4-14)35(41)42)12-17(36)13-5-9-16(10-6-13)43-28(40)18-2-1-11-44-18/h1-11H,12H2. The third-order valence-electron chi connectivity index (χ3n) is 6.28. The SMILES string of the molecule is O=C(CN(C(=O)c1ccc([N+](=O)[O-])cc1)N1C(=O)c2c(Br)c(Br)c(Br)c(Br)c2C1=O)c1ccc(OC(=O)c2cccs2)cc1. The first-order chi connectivity index (χ1) is 20.9. The number of benzene rings is 3. The summed E-state index contributed by atoms with van der Waals surface area (Å²) in [6.45, 7) is -0.757. The molecule has 44 heavy (non-hydrogen) atoms. The largest absolute Gasteiger partial charge is 0.422 e. The molecule has 1 aromatic heterocycles. The van der Waals surface area contributed by atoms with E-state index >= 15 is 0 Å². The van der Waals surface area contributed by atoms with Gasteiger partial charge in [-0.3, -0.25) is 29.3 Å². The van der Waals surface area contributed by atoms with Crippen LogP contribution in [0.3, 0.4) is 0 Å². The number of carbonyl (C=O) groups excluding carboxylic acids is 5. The number of esters is 1. The summed E-state index contributed by atoms with van der Waals surface area (Å²) in [7, 11) is 0. The molecular formula is C28H13Br4N3O8S. The number of thiophene rings is 1. The first kappa shape index (κ1) is 31.8. The fourth-order valence-corrected chi connectivity index (χ4v) is 7.21. The molecule has 0 spiro atoms. The van der Waals surface area contributed by atoms with Gasteiger partial charge in [0.1, 0.15) is 17.2 Å². The van der Waals surface area contributed by atoms with Crippen molar-refractivity contribution >= 4 is 110 Å². The van der Waals surface area contributed by atoms with Gasteiger partial charge < -0.3 is 4.74 Å². The van der Waals surface area contributed by atoms with E-state index < -0.39 is 40.9 Å². The van der Waals surface area contributed by atoms with E-state index in [0.717, 1.165) is 24.3 Å². The Bertz CT molecular complexity index is 1830. The Morgan fingerprint density at radius 1 is 0.818 bits per heavy atom. The molecule has 2 heterocycles. The van der Waals surface area contributed by atoms with Crippen LogP contribution in [-0.4, -0.2) is 51.0 Å². The molecule has 0 N–H and O–H groups in total. The molecule has 0 unspecified atom stereocenters. The molecule has 3 amide bonds. The van der Waals surface area contributed by atoms with E-state index in [4.69, 9.17) is 4.74 Å². The van der Waals surface area contributed by atoms with Crippen molar-refractivity contribution < 1.29 is 33.6 Å². The summed E-state index contributed by atoms with van der Waals surface area (Å²) >= 11 is 14.5. The number of nitro benzene ring substituents is 1. The van der Waals surface area contributed by atoms with Crippen LogP contribution in [0.4, 0.5) is 5.69 Å². The number of carbonyl (C=O) groups is 5. The third kappa shape index (κ3) is 5.91. The number of ether oxygens (including phenoxy) is 1. The minimum absolute atomic E-state index is 0.0530. The van der Waals surface area contributed by atoms with Gasteiger partial charge in [-0.1, -0.05) is 6.07 Å². The van der Waals surface area contributed by atoms with Crippen molar-refractivity contribution in [1.82, 2.24) is 10.0 Å². The Morgan fingerprint density at radius 2 is 1.36 bits per heavy atom. The number of nitrogens with zero attached hydrogens (tertiary/aromatic N) is 3. The van der Waals surface area contributed by atoms with E-state index in [1.807, 2.05) is 0 Å². The number of non-ortho nitro benzene ring substituents is 1. The van der Waals surface area contributed by atoms with Gasteiger partial charge in [0.25, 0.3) is 23.4 Å². The van der Waals surface area contributed by atoms with E-state index in [9.17, 15) is 34.1 Å². The smallest absolute Gasteiger partial charge is 0.353 e. The second-order valence-electron chi connectivity index (χ2n) is 8.91. The monoisotopic (exact) mass is 867 g/mol. The van der Waals surface area contributed by atoms with Crippen LogP contribution < -0.4 is 4.74 Å². The summed E-state index contributed by atoms with van der Waals surface area (Å²) < 4.78 is 6.65. The van der Waals surface area contributed by atoms with Crippen LogP contribution in [0.1, 0.15) is 51.1 Å². The summed E-state index contributed by atoms with van der Waals surface area (Å²) in [5, 5.41) is 14.1. The number of hydrazine groups is 1. The number of Topliss-reactive ketones (excluding diaryl/α,β-unsaturated/α-hetero) is 1. The number of fused-ring (bicyclic) bond motifs is 1. The van der Waals surface area contributed by atoms with Crippen LogP contribution in [0, 0.1) is 10.1 Å². The van der Waals surface area contributed by atoms with Gasteiger partial charge >= 0.3 is 5.97 Å². The topological polar surface area (TPSA) is 144 Å². The number of ketones is 1. The van der Waals surface area contributed by atoms with Gasteiger partial charge in [-0.25, -0.2) is 9.80 Å². The molecule has 4 aromatic rings. The molecule has 0 bridgehead atoms. The van der Waals surface area contributed by atoms with Crippen molar-refractivity contribution in [1.29, 1.82) is 0 Å². The maximum Gasteiger partial charge on any atom is 0.353 e. The van der Waals surface area contributed by atoms with Crippen LogP contribution in [0.25, 0.3) is 0 Å². The van der Waals surface area contributed by atoms with Gasteiger partial charge in [-0.05, 0) is 112 Å². The van der Waals surface area contributed by atoms with Gasteiger partial charge in [0.15, 0.2) is 5.78 Å². The highest BCUT2D eigenvalue weighted by molar-refractivity contribution is 9.15. The summed E-state index contributed by atoms with van der Waals surface area (Å²) in [6.07, 6.45) is 0. The number of halogens is 4. The Morgan fingerprint density at radius 3 is 1.86 bits per heavy atom. The lowest BCUT2D eigenvalue weighted by Crippen LogP contribution is -2.51. The molecule has 0 fully saturated rings. The first-order valence-corrected chi connectivity index (χ1v) is 16.2. The van der Waals surface area contributed by atoms with Crippen molar-refractivity contribution in [3.8, 4) is 5.75 Å². The molecule has 3 aromatic carbocycles. The molecule has 0 saturated carbocycles. The number of hydrogen-bond donors (Lipinski definition) is 0. The average molecular weight is 871 g/mol. The van der Waals surface area contributed by atoms with E-state index in [2.05, 4.69) is 63.7 Å². The van der Waals surface area contributed by atoms with Crippen LogP contribution >= 0.6 is 75.1 Å². The first-order valence-electron chi connectivity index (χ1n) is 12.1. The van der Waals surface area contributed by atoms with Gasteiger partial charge in [-0.15, -0.1) is 11.3 Å². The normalized spacial score (nSPS) is 12.2. The molecule has 0 saturated heterocycles. The molecule has 1 aliphatic heterocycles. The van der Waals surface area contributed by atoms with Crippen molar-refractivity contribution in [2.24, 2.45) is 0 Å². The molecule has 1 aliphatic rings. The van der Waals surface area contributed by atoms with Crippen LogP contribution in [0.15, 0.2) is 83.9 Å². The maximum atomic E-state index is 13.8. The highest BCUT2D eigenvalue weighted by atomic mass is 79.9. The van der Waals surface area contributed by atoms with Crippen LogP contribution in [-0.2, 0) is 0 Å². The van der Waals surface area contributed by atoms with Crippen molar-refractivity contribution in [2.45, 2.75) is 0 Å². The third-order valence-corrected chi connectivity index (χ3v) is 11.9. The molecular weight excluding hydrogens is 858 g/mol. The van der Waals surface area contributed by atoms with Gasteiger partial charge in [-0.2, -0.15) is 5.01 Å². The lowest BCUT2D eigenvalue weighted by Gasteiger charge is -2.29. The van der Waals surface area contributed by atoms with Gasteiger partial charge in [0, 0.05) is 41.2 Å². The zero-order valence-electron chi connectivity index (χ0n) is 21.6. The second kappa shape index (κ2) is 12.8. The summed E-state index contributed by atoms with van der Waals surface area (Å²) in [5.41, 5.74) is -0.416. The minimum Gasteiger partial charge on any atom is -0.422 e. The summed E-state index contributed by atoms with van der Waals surface area (Å²) in [5.74, 6) is -3.76. The molecule has 5 rings (SSSR count). The predicted octanol–water partition coefficient (Wildman–Crippen LogP) is 7.46. The summed E-state index contributed by atoms with van der Waals surface area (Å²) in [6, 6.07) is 13.3. The number of imide groups is 1. The van der Waals surface area contributed by atoms with E-state index in [1.54, 1.807) is 17.5 Å². The Hall–Kier alpha value is -3.57. The minimum atomic E-state index is -0.936. The zero-order valence-corrected chi connectivity index (χ0v) is 28.7. The fraction of sp³-hybridized carbons (Fsp3) is 0.0357. The Balaban J connectivity index is 1.48. The molecule has 222 valence electrons. The molecule has 11 nitrogen and oxygen atoms in total. The second-order valence-corrected chi connectivity index (χ2v) is 13.0. The lowest BCUT2D eigenvalue weighted by atomic mass is 10.1. The predicted molar refractivity (Wildman–Crippen MR) is 172 cm³/mol.